The summed E-state index contributed by atoms with van der Waals surface area (Å²) < 4.78 is 11.0. The molecular formula is C19H23ClN4O3. The quantitative estimate of drug-likeness (QED) is 0.844. The molecule has 1 spiro atoms. The van der Waals surface area contributed by atoms with Gasteiger partial charge in [0.15, 0.2) is 5.82 Å². The Hall–Kier alpha value is -2.12. The topological polar surface area (TPSA) is 80.5 Å². The Balaban J connectivity index is 1.56. The molecule has 2 aromatic rings. The number of ether oxygens (including phenoxy) is 1. The summed E-state index contributed by atoms with van der Waals surface area (Å²) in [6, 6.07) is 5.43. The summed E-state index contributed by atoms with van der Waals surface area (Å²) in [5.74, 6) is 1.24. The summed E-state index contributed by atoms with van der Waals surface area (Å²) in [5.41, 5.74) is 1.57. The van der Waals surface area contributed by atoms with Gasteiger partial charge in [0.2, 0.25) is 5.89 Å². The van der Waals surface area contributed by atoms with E-state index in [1.807, 2.05) is 36.9 Å². The predicted molar refractivity (Wildman–Crippen MR) is 101 cm³/mol. The highest BCUT2D eigenvalue weighted by atomic mass is 35.5. The lowest BCUT2D eigenvalue weighted by molar-refractivity contribution is 0.00959. The van der Waals surface area contributed by atoms with Crippen molar-refractivity contribution in [2.45, 2.75) is 32.6 Å². The number of carbonyl (C=O) groups is 1. The van der Waals surface area contributed by atoms with Crippen LogP contribution in [-0.4, -0.2) is 47.4 Å². The van der Waals surface area contributed by atoms with Crippen LogP contribution in [0.4, 0.5) is 10.5 Å². The first-order chi connectivity index (χ1) is 13.0. The van der Waals surface area contributed by atoms with Gasteiger partial charge in [-0.15, -0.1) is 0 Å². The highest BCUT2D eigenvalue weighted by Gasteiger charge is 2.51. The number of anilines is 1. The van der Waals surface area contributed by atoms with Crippen molar-refractivity contribution < 1.29 is 14.1 Å². The van der Waals surface area contributed by atoms with E-state index in [9.17, 15) is 4.79 Å². The van der Waals surface area contributed by atoms with E-state index < -0.39 is 0 Å². The molecule has 144 valence electrons. The van der Waals surface area contributed by atoms with Crippen LogP contribution in [0, 0.1) is 19.3 Å². The van der Waals surface area contributed by atoms with Crippen molar-refractivity contribution in [3.63, 3.8) is 0 Å². The van der Waals surface area contributed by atoms with Gasteiger partial charge in [-0.1, -0.05) is 22.8 Å². The molecule has 7 nitrogen and oxygen atoms in total. The molecule has 2 saturated heterocycles. The molecule has 2 amide bonds. The fraction of sp³-hybridized carbons (Fsp3) is 0.526. The molecule has 1 aromatic carbocycles. The van der Waals surface area contributed by atoms with Crippen LogP contribution in [0.15, 0.2) is 22.7 Å². The number of likely N-dealkylation sites (tertiary alicyclic amines) is 1. The van der Waals surface area contributed by atoms with Crippen LogP contribution in [0.25, 0.3) is 0 Å². The number of carbonyl (C=O) groups excluding carboxylic acids is 1. The number of aromatic nitrogens is 2. The van der Waals surface area contributed by atoms with Crippen LogP contribution in [0.5, 0.6) is 0 Å². The molecule has 0 saturated carbocycles. The molecule has 4 rings (SSSR count). The summed E-state index contributed by atoms with van der Waals surface area (Å²) in [7, 11) is 0. The Morgan fingerprint density at radius 1 is 1.33 bits per heavy atom. The van der Waals surface area contributed by atoms with Crippen LogP contribution in [0.1, 0.15) is 36.0 Å². The van der Waals surface area contributed by atoms with Crippen molar-refractivity contribution in [3.05, 3.63) is 40.5 Å². The molecule has 1 aromatic heterocycles. The van der Waals surface area contributed by atoms with E-state index >= 15 is 0 Å². The number of hydrogen-bond acceptors (Lipinski definition) is 5. The zero-order valence-electron chi connectivity index (χ0n) is 15.5. The van der Waals surface area contributed by atoms with E-state index in [-0.39, 0.29) is 17.4 Å². The lowest BCUT2D eigenvalue weighted by atomic mass is 9.72. The van der Waals surface area contributed by atoms with Gasteiger partial charge in [0.1, 0.15) is 0 Å². The molecule has 2 aliphatic heterocycles. The van der Waals surface area contributed by atoms with Crippen LogP contribution in [0.3, 0.4) is 0 Å². The SMILES string of the molecule is Cc1ccc(NC(=O)N2C[C@@H](c3nc(C)no3)C3(CCOCC3)C2)c(Cl)c1. The molecule has 2 fully saturated rings. The van der Waals surface area contributed by atoms with Gasteiger partial charge in [-0.3, -0.25) is 0 Å². The van der Waals surface area contributed by atoms with Crippen LogP contribution in [0.2, 0.25) is 5.02 Å². The smallest absolute Gasteiger partial charge is 0.321 e. The third-order valence-electron chi connectivity index (χ3n) is 5.63. The average molecular weight is 391 g/mol. The van der Waals surface area contributed by atoms with Crippen molar-refractivity contribution in [3.8, 4) is 0 Å². The maximum Gasteiger partial charge on any atom is 0.321 e. The number of benzene rings is 1. The van der Waals surface area contributed by atoms with E-state index in [4.69, 9.17) is 20.9 Å². The second kappa shape index (κ2) is 7.13. The van der Waals surface area contributed by atoms with Gasteiger partial charge in [0.05, 0.1) is 16.6 Å². The number of halogens is 1. The van der Waals surface area contributed by atoms with Gasteiger partial charge in [-0.05, 0) is 44.4 Å². The van der Waals surface area contributed by atoms with Gasteiger partial charge < -0.3 is 19.5 Å². The van der Waals surface area contributed by atoms with Crippen molar-refractivity contribution in [1.29, 1.82) is 0 Å². The second-order valence-electron chi connectivity index (χ2n) is 7.50. The standard InChI is InChI=1S/C19H23ClN4O3/c1-12-3-4-16(15(20)9-12)22-18(25)24-10-14(17-21-13(2)23-27-17)19(11-24)5-7-26-8-6-19/h3-4,9,14H,5-8,10-11H2,1-2H3,(H,22,25)/t14-/m0/s1. The summed E-state index contributed by atoms with van der Waals surface area (Å²) in [6.45, 7) is 6.31. The van der Waals surface area contributed by atoms with Crippen molar-refractivity contribution in [2.24, 2.45) is 5.41 Å². The summed E-state index contributed by atoms with van der Waals surface area (Å²) >= 11 is 6.27. The first kappa shape index (κ1) is 18.3. The Morgan fingerprint density at radius 3 is 2.78 bits per heavy atom. The first-order valence-electron chi connectivity index (χ1n) is 9.17. The molecule has 8 heteroatoms. The van der Waals surface area contributed by atoms with E-state index in [1.54, 1.807) is 0 Å². The Kier molecular flexibility index (Phi) is 4.82. The molecular weight excluding hydrogens is 368 g/mol. The largest absolute Gasteiger partial charge is 0.381 e. The fourth-order valence-corrected chi connectivity index (χ4v) is 4.40. The molecule has 0 radical (unpaired) electrons. The predicted octanol–water partition coefficient (Wildman–Crippen LogP) is 3.77. The lowest BCUT2D eigenvalue weighted by Crippen LogP contribution is -2.38. The monoisotopic (exact) mass is 390 g/mol. The number of hydrogen-bond donors (Lipinski definition) is 1. The molecule has 27 heavy (non-hydrogen) atoms. The zero-order valence-corrected chi connectivity index (χ0v) is 16.3. The molecule has 0 unspecified atom stereocenters. The maximum atomic E-state index is 12.9. The summed E-state index contributed by atoms with van der Waals surface area (Å²) in [4.78, 5) is 19.2. The minimum atomic E-state index is -0.162. The molecule has 1 N–H and O–H groups in total. The molecule has 0 bridgehead atoms. The normalized spacial score (nSPS) is 21.6. The number of aryl methyl sites for hydroxylation is 2. The van der Waals surface area contributed by atoms with Crippen molar-refractivity contribution in [2.75, 3.05) is 31.6 Å². The molecule has 0 aliphatic carbocycles. The van der Waals surface area contributed by atoms with Crippen LogP contribution >= 0.6 is 11.6 Å². The van der Waals surface area contributed by atoms with Crippen molar-refractivity contribution >= 4 is 23.3 Å². The highest BCUT2D eigenvalue weighted by Crippen LogP contribution is 2.49. The minimum absolute atomic E-state index is 0.0156. The first-order valence-corrected chi connectivity index (χ1v) is 9.55. The van der Waals surface area contributed by atoms with Gasteiger partial charge in [0, 0.05) is 31.7 Å². The Bertz CT molecular complexity index is 847. The van der Waals surface area contributed by atoms with Gasteiger partial charge in [-0.25, -0.2) is 4.79 Å². The second-order valence-corrected chi connectivity index (χ2v) is 7.91. The third-order valence-corrected chi connectivity index (χ3v) is 5.94. The van der Waals surface area contributed by atoms with Crippen molar-refractivity contribution in [1.82, 2.24) is 15.0 Å². The minimum Gasteiger partial charge on any atom is -0.381 e. The van der Waals surface area contributed by atoms with Crippen LogP contribution in [-0.2, 0) is 4.74 Å². The number of urea groups is 1. The summed E-state index contributed by atoms with van der Waals surface area (Å²) in [5, 5.41) is 7.41. The maximum absolute atomic E-state index is 12.9. The third kappa shape index (κ3) is 3.53. The number of amides is 2. The average Bonchev–Trinajstić information content (AvgIpc) is 3.22. The summed E-state index contributed by atoms with van der Waals surface area (Å²) in [6.07, 6.45) is 1.74. The van der Waals surface area contributed by atoms with Gasteiger partial charge in [-0.2, -0.15) is 4.98 Å². The lowest BCUT2D eigenvalue weighted by Gasteiger charge is -2.36. The molecule has 3 heterocycles. The highest BCUT2D eigenvalue weighted by molar-refractivity contribution is 6.33. The molecule has 1 atom stereocenters. The number of rotatable bonds is 2. The van der Waals surface area contributed by atoms with E-state index in [0.29, 0.717) is 48.7 Å². The zero-order chi connectivity index (χ0) is 19.0. The Morgan fingerprint density at radius 2 is 2.11 bits per heavy atom. The number of nitrogens with zero attached hydrogens (tertiary/aromatic N) is 3. The Labute approximate surface area is 163 Å². The molecule has 2 aliphatic rings. The van der Waals surface area contributed by atoms with Gasteiger partial charge >= 0.3 is 6.03 Å². The van der Waals surface area contributed by atoms with Gasteiger partial charge in [0.25, 0.3) is 0 Å². The van der Waals surface area contributed by atoms with E-state index in [2.05, 4.69) is 15.5 Å². The van der Waals surface area contributed by atoms with Crippen LogP contribution < -0.4 is 5.32 Å². The fourth-order valence-electron chi connectivity index (χ4n) is 4.12. The number of nitrogens with one attached hydrogen (secondary N) is 1. The van der Waals surface area contributed by atoms with E-state index in [0.717, 1.165) is 18.4 Å². The van der Waals surface area contributed by atoms with E-state index in [1.165, 1.54) is 0 Å².